The molecule has 11 heavy (non-hydrogen) atoms. The summed E-state index contributed by atoms with van der Waals surface area (Å²) < 4.78 is 21.4. The number of sulfone groups is 1. The summed E-state index contributed by atoms with van der Waals surface area (Å²) in [6, 6.07) is 0. The van der Waals surface area contributed by atoms with Crippen LogP contribution in [0.1, 0.15) is 13.3 Å². The van der Waals surface area contributed by atoms with E-state index in [4.69, 9.17) is 0 Å². The molecule has 0 aliphatic rings. The van der Waals surface area contributed by atoms with Gasteiger partial charge in [0, 0.05) is 17.4 Å². The summed E-state index contributed by atoms with van der Waals surface area (Å²) in [7, 11) is -3.03. The van der Waals surface area contributed by atoms with Gasteiger partial charge in [0.1, 0.15) is 0 Å². The third-order valence-electron chi connectivity index (χ3n) is 1.02. The molecule has 0 saturated carbocycles. The number of hydrogen-bond donors (Lipinski definition) is 1. The van der Waals surface area contributed by atoms with Crippen LogP contribution in [0.4, 0.5) is 0 Å². The zero-order chi connectivity index (χ0) is 8.91. The van der Waals surface area contributed by atoms with Gasteiger partial charge in [-0.15, -0.1) is 0 Å². The van der Waals surface area contributed by atoms with Gasteiger partial charge in [0.15, 0.2) is 9.84 Å². The number of nitrogens with one attached hydrogen (secondary N) is 1. The zero-order valence-electron chi connectivity index (χ0n) is 6.79. The second kappa shape index (κ2) is 4.18. The minimum absolute atomic E-state index is 0.652. The van der Waals surface area contributed by atoms with Crippen LogP contribution >= 0.6 is 0 Å². The smallest absolute Gasteiger partial charge is 0.170 e. The van der Waals surface area contributed by atoms with Gasteiger partial charge in [-0.1, -0.05) is 13.5 Å². The Labute approximate surface area is 67.7 Å². The largest absolute Gasteiger partial charge is 0.365 e. The standard InChI is InChI=1S/C7H13NO2S/c1-4-7(8-5-2)6-11(3,9)10/h5-6,8H,2,4H2,1,3H3/b7-6-. The lowest BCUT2D eigenvalue weighted by atomic mass is 10.4. The van der Waals surface area contributed by atoms with Gasteiger partial charge >= 0.3 is 0 Å². The molecule has 0 aliphatic carbocycles. The second-order valence-electron chi connectivity index (χ2n) is 2.17. The Morgan fingerprint density at radius 1 is 1.64 bits per heavy atom. The number of rotatable bonds is 4. The first-order valence-electron chi connectivity index (χ1n) is 3.27. The first kappa shape index (κ1) is 10.2. The Bertz CT molecular complexity index is 252. The fraction of sp³-hybridized carbons (Fsp3) is 0.429. The maximum atomic E-state index is 10.7. The van der Waals surface area contributed by atoms with E-state index >= 15 is 0 Å². The predicted molar refractivity (Wildman–Crippen MR) is 46.6 cm³/mol. The van der Waals surface area contributed by atoms with E-state index in [9.17, 15) is 8.42 Å². The van der Waals surface area contributed by atoms with Gasteiger partial charge in [-0.25, -0.2) is 8.42 Å². The molecule has 0 atom stereocenters. The molecule has 0 aromatic rings. The van der Waals surface area contributed by atoms with Crippen LogP contribution in [0.3, 0.4) is 0 Å². The van der Waals surface area contributed by atoms with Gasteiger partial charge in [0.25, 0.3) is 0 Å². The van der Waals surface area contributed by atoms with Crippen molar-refractivity contribution in [3.63, 3.8) is 0 Å². The zero-order valence-corrected chi connectivity index (χ0v) is 7.61. The highest BCUT2D eigenvalue weighted by molar-refractivity contribution is 7.93. The average Bonchev–Trinajstić information content (AvgIpc) is 1.84. The predicted octanol–water partition coefficient (Wildman–Crippen LogP) is 1.02. The van der Waals surface area contributed by atoms with Crippen LogP contribution in [0.25, 0.3) is 0 Å². The molecule has 0 amide bonds. The Morgan fingerprint density at radius 2 is 2.18 bits per heavy atom. The van der Waals surface area contributed by atoms with Gasteiger partial charge in [0.2, 0.25) is 0 Å². The topological polar surface area (TPSA) is 46.2 Å². The van der Waals surface area contributed by atoms with E-state index < -0.39 is 9.84 Å². The SMILES string of the molecule is C=CN/C(=C\S(C)(=O)=O)CC. The fourth-order valence-electron chi connectivity index (χ4n) is 0.609. The van der Waals surface area contributed by atoms with Crippen molar-refractivity contribution in [1.29, 1.82) is 0 Å². The molecule has 0 aromatic heterocycles. The van der Waals surface area contributed by atoms with E-state index in [1.54, 1.807) is 0 Å². The van der Waals surface area contributed by atoms with Crippen LogP contribution in [-0.4, -0.2) is 14.7 Å². The van der Waals surface area contributed by atoms with Gasteiger partial charge in [-0.05, 0) is 12.6 Å². The third-order valence-corrected chi connectivity index (χ3v) is 1.74. The first-order valence-corrected chi connectivity index (χ1v) is 5.23. The minimum atomic E-state index is -3.03. The molecule has 0 aliphatic heterocycles. The molecule has 0 rings (SSSR count). The Hall–Kier alpha value is -0.770. The van der Waals surface area contributed by atoms with Crippen molar-refractivity contribution in [3.8, 4) is 0 Å². The highest BCUT2D eigenvalue weighted by atomic mass is 32.2. The highest BCUT2D eigenvalue weighted by Gasteiger charge is 1.98. The summed E-state index contributed by atoms with van der Waals surface area (Å²) in [5.41, 5.74) is 0.655. The molecule has 0 heterocycles. The molecule has 0 bridgehead atoms. The van der Waals surface area contributed by atoms with Crippen molar-refractivity contribution < 1.29 is 8.42 Å². The summed E-state index contributed by atoms with van der Waals surface area (Å²) >= 11 is 0. The lowest BCUT2D eigenvalue weighted by Gasteiger charge is -2.01. The van der Waals surface area contributed by atoms with Gasteiger partial charge in [-0.2, -0.15) is 0 Å². The van der Waals surface area contributed by atoms with E-state index in [0.717, 1.165) is 6.26 Å². The van der Waals surface area contributed by atoms with Crippen LogP contribution in [0, 0.1) is 0 Å². The second-order valence-corrected chi connectivity index (χ2v) is 4.07. The van der Waals surface area contributed by atoms with Crippen molar-refractivity contribution in [2.75, 3.05) is 6.26 Å². The van der Waals surface area contributed by atoms with Crippen LogP contribution in [-0.2, 0) is 9.84 Å². The Morgan fingerprint density at radius 3 is 2.45 bits per heavy atom. The molecule has 0 saturated heterocycles. The molecule has 0 aromatic carbocycles. The number of hydrogen-bond acceptors (Lipinski definition) is 3. The molecule has 0 fully saturated rings. The molecule has 3 nitrogen and oxygen atoms in total. The molecule has 1 N–H and O–H groups in total. The van der Waals surface area contributed by atoms with Gasteiger partial charge in [0.05, 0.1) is 0 Å². The normalized spacial score (nSPS) is 12.7. The summed E-state index contributed by atoms with van der Waals surface area (Å²) in [4.78, 5) is 0. The quantitative estimate of drug-likeness (QED) is 0.693. The lowest BCUT2D eigenvalue weighted by molar-refractivity contribution is 0.609. The van der Waals surface area contributed by atoms with Crippen molar-refractivity contribution in [2.45, 2.75) is 13.3 Å². The monoisotopic (exact) mass is 175 g/mol. The van der Waals surface area contributed by atoms with E-state index in [0.29, 0.717) is 12.1 Å². The van der Waals surface area contributed by atoms with Crippen LogP contribution < -0.4 is 5.32 Å². The van der Waals surface area contributed by atoms with E-state index in [2.05, 4.69) is 11.9 Å². The summed E-state index contributed by atoms with van der Waals surface area (Å²) in [6.07, 6.45) is 3.27. The maximum Gasteiger partial charge on any atom is 0.170 e. The maximum absolute atomic E-state index is 10.7. The highest BCUT2D eigenvalue weighted by Crippen LogP contribution is 1.98. The summed E-state index contributed by atoms with van der Waals surface area (Å²) in [6.45, 7) is 5.30. The molecule has 0 radical (unpaired) electrons. The van der Waals surface area contributed by atoms with Crippen LogP contribution in [0.2, 0.25) is 0 Å². The van der Waals surface area contributed by atoms with E-state index in [1.165, 1.54) is 11.6 Å². The van der Waals surface area contributed by atoms with Crippen LogP contribution in [0.5, 0.6) is 0 Å². The van der Waals surface area contributed by atoms with Crippen molar-refractivity contribution >= 4 is 9.84 Å². The van der Waals surface area contributed by atoms with Gasteiger partial charge < -0.3 is 5.32 Å². The van der Waals surface area contributed by atoms with E-state index in [-0.39, 0.29) is 0 Å². The summed E-state index contributed by atoms with van der Waals surface area (Å²) in [5, 5.41) is 3.94. The number of allylic oxidation sites excluding steroid dienone is 1. The fourth-order valence-corrected chi connectivity index (χ4v) is 1.36. The van der Waals surface area contributed by atoms with E-state index in [1.807, 2.05) is 6.92 Å². The lowest BCUT2D eigenvalue weighted by Crippen LogP contribution is -2.05. The minimum Gasteiger partial charge on any atom is -0.365 e. The molecule has 0 unspecified atom stereocenters. The molecule has 4 heteroatoms. The molecular formula is C7H13NO2S. The third kappa shape index (κ3) is 5.66. The van der Waals surface area contributed by atoms with Gasteiger partial charge in [-0.3, -0.25) is 0 Å². The van der Waals surface area contributed by atoms with Crippen molar-refractivity contribution in [1.82, 2.24) is 5.32 Å². The Balaban J connectivity index is 4.48. The molecular weight excluding hydrogens is 162 g/mol. The molecule has 64 valence electrons. The van der Waals surface area contributed by atoms with Crippen LogP contribution in [0.15, 0.2) is 23.9 Å². The van der Waals surface area contributed by atoms with Crippen molar-refractivity contribution in [2.24, 2.45) is 0 Å². The summed E-state index contributed by atoms with van der Waals surface area (Å²) in [5.74, 6) is 0. The van der Waals surface area contributed by atoms with Crippen molar-refractivity contribution in [3.05, 3.63) is 23.9 Å². The first-order chi connectivity index (χ1) is 4.99. The average molecular weight is 175 g/mol. The Kier molecular flexibility index (Phi) is 3.89. The molecule has 0 spiro atoms.